The molecular formula is C18H12ClFN2O. The first-order chi connectivity index (χ1) is 11.0. The topological polar surface area (TPSA) is 48.6 Å². The number of aromatic nitrogens is 2. The molecule has 0 amide bonds. The Kier molecular flexibility index (Phi) is 3.03. The Labute approximate surface area is 135 Å². The molecule has 2 N–H and O–H groups in total. The van der Waals surface area contributed by atoms with Crippen LogP contribution in [-0.4, -0.2) is 9.97 Å². The molecule has 0 aliphatic heterocycles. The lowest BCUT2D eigenvalue weighted by Crippen LogP contribution is -2.03. The predicted octanol–water partition coefficient (Wildman–Crippen LogP) is 4.78. The molecule has 23 heavy (non-hydrogen) atoms. The van der Waals surface area contributed by atoms with Crippen molar-refractivity contribution in [3.05, 3.63) is 69.2 Å². The number of H-pyrrole nitrogens is 2. The molecule has 0 unspecified atom stereocenters. The summed E-state index contributed by atoms with van der Waals surface area (Å²) in [6, 6.07) is 11.5. The molecule has 0 atom stereocenters. The molecule has 0 bridgehead atoms. The lowest BCUT2D eigenvalue weighted by Gasteiger charge is -2.03. The highest BCUT2D eigenvalue weighted by Crippen LogP contribution is 2.36. The van der Waals surface area contributed by atoms with Gasteiger partial charge >= 0.3 is 0 Å². The van der Waals surface area contributed by atoms with E-state index in [1.54, 1.807) is 12.1 Å². The number of hydrogen-bond donors (Lipinski definition) is 2. The summed E-state index contributed by atoms with van der Waals surface area (Å²) in [5.74, 6) is -0.270. The Balaban J connectivity index is 2.10. The predicted molar refractivity (Wildman–Crippen MR) is 91.6 cm³/mol. The molecule has 5 heteroatoms. The van der Waals surface area contributed by atoms with Gasteiger partial charge in [-0.3, -0.25) is 4.79 Å². The Bertz CT molecular complexity index is 1110. The summed E-state index contributed by atoms with van der Waals surface area (Å²) in [5, 5.41) is 2.19. The first kappa shape index (κ1) is 14.0. The smallest absolute Gasteiger partial charge is 0.249 e. The average Bonchev–Trinajstić information content (AvgIpc) is 2.85. The fourth-order valence-electron chi connectivity index (χ4n) is 3.06. The van der Waals surface area contributed by atoms with Gasteiger partial charge in [-0.15, -0.1) is 0 Å². The summed E-state index contributed by atoms with van der Waals surface area (Å²) >= 11 is 6.31. The van der Waals surface area contributed by atoms with Crippen molar-refractivity contribution in [2.45, 2.75) is 6.92 Å². The maximum Gasteiger partial charge on any atom is 0.249 e. The van der Waals surface area contributed by atoms with Crippen LogP contribution in [0.3, 0.4) is 0 Å². The van der Waals surface area contributed by atoms with Crippen molar-refractivity contribution in [1.29, 1.82) is 0 Å². The molecule has 0 aliphatic rings. The van der Waals surface area contributed by atoms with Gasteiger partial charge in [-0.05, 0) is 54.4 Å². The van der Waals surface area contributed by atoms with Crippen LogP contribution in [0.5, 0.6) is 0 Å². The van der Waals surface area contributed by atoms with Gasteiger partial charge in [-0.2, -0.15) is 0 Å². The first-order valence-electron chi connectivity index (χ1n) is 7.14. The number of rotatable bonds is 1. The largest absolute Gasteiger partial charge is 0.354 e. The summed E-state index contributed by atoms with van der Waals surface area (Å²) in [6.45, 7) is 1.98. The van der Waals surface area contributed by atoms with Gasteiger partial charge < -0.3 is 9.97 Å². The summed E-state index contributed by atoms with van der Waals surface area (Å²) < 4.78 is 13.1. The second-order valence-electron chi connectivity index (χ2n) is 5.52. The van der Waals surface area contributed by atoms with E-state index in [-0.39, 0.29) is 11.4 Å². The van der Waals surface area contributed by atoms with E-state index in [2.05, 4.69) is 9.97 Å². The molecule has 0 aliphatic carbocycles. The highest BCUT2D eigenvalue weighted by molar-refractivity contribution is 6.37. The van der Waals surface area contributed by atoms with Gasteiger partial charge in [0.2, 0.25) is 5.56 Å². The Morgan fingerprint density at radius 1 is 0.957 bits per heavy atom. The number of fused-ring (bicyclic) bond motifs is 3. The number of nitrogens with one attached hydrogen (secondary N) is 2. The molecule has 0 fully saturated rings. The normalized spacial score (nSPS) is 11.4. The zero-order valence-electron chi connectivity index (χ0n) is 12.2. The second-order valence-corrected chi connectivity index (χ2v) is 5.93. The third-order valence-corrected chi connectivity index (χ3v) is 4.40. The SMILES string of the molecule is Cc1c(-c2ccc(F)cc2)[nH]c2ccc3[nH]c(=O)cc(Cl)c3c12. The molecule has 0 saturated heterocycles. The Hall–Kier alpha value is -2.59. The van der Waals surface area contributed by atoms with E-state index >= 15 is 0 Å². The second kappa shape index (κ2) is 4.96. The van der Waals surface area contributed by atoms with E-state index < -0.39 is 0 Å². The molecule has 0 spiro atoms. The van der Waals surface area contributed by atoms with Crippen molar-refractivity contribution in [2.24, 2.45) is 0 Å². The highest BCUT2D eigenvalue weighted by Gasteiger charge is 2.14. The standard InChI is InChI=1S/C18H12ClFN2O/c1-9-16-13(22-18(9)10-2-4-11(20)5-3-10)6-7-14-17(16)12(19)8-15(23)21-14/h2-8,22H,1H3,(H,21,23). The van der Waals surface area contributed by atoms with Crippen molar-refractivity contribution in [2.75, 3.05) is 0 Å². The summed E-state index contributed by atoms with van der Waals surface area (Å²) in [4.78, 5) is 17.8. The van der Waals surface area contributed by atoms with E-state index in [0.717, 1.165) is 33.1 Å². The fourth-order valence-corrected chi connectivity index (χ4v) is 3.36. The van der Waals surface area contributed by atoms with Crippen molar-refractivity contribution in [1.82, 2.24) is 9.97 Å². The van der Waals surface area contributed by atoms with Crippen molar-refractivity contribution >= 4 is 33.4 Å². The van der Waals surface area contributed by atoms with Crippen LogP contribution in [0.2, 0.25) is 5.02 Å². The molecular weight excluding hydrogens is 315 g/mol. The van der Waals surface area contributed by atoms with Crippen LogP contribution in [0.25, 0.3) is 33.1 Å². The van der Waals surface area contributed by atoms with Gasteiger partial charge in [-0.25, -0.2) is 4.39 Å². The molecule has 114 valence electrons. The van der Waals surface area contributed by atoms with Crippen LogP contribution in [-0.2, 0) is 0 Å². The van der Waals surface area contributed by atoms with E-state index in [1.807, 2.05) is 19.1 Å². The van der Waals surface area contributed by atoms with E-state index in [4.69, 9.17) is 11.6 Å². The van der Waals surface area contributed by atoms with Crippen molar-refractivity contribution in [3.63, 3.8) is 0 Å². The first-order valence-corrected chi connectivity index (χ1v) is 7.52. The average molecular weight is 327 g/mol. The fraction of sp³-hybridized carbons (Fsp3) is 0.0556. The molecule has 4 rings (SSSR count). The molecule has 2 aromatic carbocycles. The number of benzene rings is 2. The van der Waals surface area contributed by atoms with E-state index in [9.17, 15) is 9.18 Å². The van der Waals surface area contributed by atoms with Gasteiger partial charge in [-0.1, -0.05) is 11.6 Å². The van der Waals surface area contributed by atoms with Gasteiger partial charge in [0.05, 0.1) is 10.5 Å². The highest BCUT2D eigenvalue weighted by atomic mass is 35.5. The van der Waals surface area contributed by atoms with Crippen LogP contribution < -0.4 is 5.56 Å². The van der Waals surface area contributed by atoms with Crippen LogP contribution >= 0.6 is 11.6 Å². The summed E-state index contributed by atoms with van der Waals surface area (Å²) in [6.07, 6.45) is 0. The maximum atomic E-state index is 13.1. The number of halogens is 2. The number of hydrogen-bond acceptors (Lipinski definition) is 1. The molecule has 0 radical (unpaired) electrons. The van der Waals surface area contributed by atoms with Crippen LogP contribution in [0, 0.1) is 12.7 Å². The third-order valence-electron chi connectivity index (χ3n) is 4.10. The Morgan fingerprint density at radius 3 is 2.30 bits per heavy atom. The minimum atomic E-state index is -0.270. The van der Waals surface area contributed by atoms with Gasteiger partial charge in [0.15, 0.2) is 0 Å². The molecule has 0 saturated carbocycles. The quantitative estimate of drug-likeness (QED) is 0.519. The van der Waals surface area contributed by atoms with Gasteiger partial charge in [0, 0.05) is 28.0 Å². The van der Waals surface area contributed by atoms with E-state index in [0.29, 0.717) is 10.5 Å². The number of pyridine rings is 1. The van der Waals surface area contributed by atoms with Crippen LogP contribution in [0.1, 0.15) is 5.56 Å². The third kappa shape index (κ3) is 2.14. The molecule has 2 aromatic heterocycles. The summed E-state index contributed by atoms with van der Waals surface area (Å²) in [5.41, 5.74) is 4.20. The van der Waals surface area contributed by atoms with Crippen LogP contribution in [0.15, 0.2) is 47.3 Å². The Morgan fingerprint density at radius 2 is 1.61 bits per heavy atom. The van der Waals surface area contributed by atoms with Gasteiger partial charge in [0.1, 0.15) is 5.82 Å². The lowest BCUT2D eigenvalue weighted by molar-refractivity contribution is 0.628. The zero-order valence-corrected chi connectivity index (χ0v) is 13.0. The van der Waals surface area contributed by atoms with Crippen molar-refractivity contribution < 1.29 is 4.39 Å². The van der Waals surface area contributed by atoms with Gasteiger partial charge in [0.25, 0.3) is 0 Å². The lowest BCUT2D eigenvalue weighted by atomic mass is 10.0. The molecule has 2 heterocycles. The minimum absolute atomic E-state index is 0.228. The number of aryl methyl sites for hydroxylation is 1. The zero-order chi connectivity index (χ0) is 16.1. The van der Waals surface area contributed by atoms with Crippen molar-refractivity contribution in [3.8, 4) is 11.3 Å². The summed E-state index contributed by atoms with van der Waals surface area (Å²) in [7, 11) is 0. The van der Waals surface area contributed by atoms with Crippen LogP contribution in [0.4, 0.5) is 4.39 Å². The number of aromatic amines is 2. The molecule has 3 nitrogen and oxygen atoms in total. The minimum Gasteiger partial charge on any atom is -0.354 e. The maximum absolute atomic E-state index is 13.1. The molecule has 4 aromatic rings. The van der Waals surface area contributed by atoms with E-state index in [1.165, 1.54) is 18.2 Å². The monoisotopic (exact) mass is 326 g/mol.